The van der Waals surface area contributed by atoms with Gasteiger partial charge in [0, 0.05) is 44.2 Å². The van der Waals surface area contributed by atoms with E-state index in [0.717, 1.165) is 44.1 Å². The Bertz CT molecular complexity index is 903. The van der Waals surface area contributed by atoms with Crippen molar-refractivity contribution in [1.29, 1.82) is 0 Å². The van der Waals surface area contributed by atoms with E-state index in [1.54, 1.807) is 4.90 Å². The van der Waals surface area contributed by atoms with Crippen molar-refractivity contribution in [1.82, 2.24) is 25.0 Å². The molecule has 0 atom stereocenters. The van der Waals surface area contributed by atoms with E-state index in [9.17, 15) is 14.9 Å². The van der Waals surface area contributed by atoms with Crippen LogP contribution in [0.15, 0.2) is 18.2 Å². The summed E-state index contributed by atoms with van der Waals surface area (Å²) >= 11 is 0. The molecule has 10 heteroatoms. The molecule has 28 heavy (non-hydrogen) atoms. The molecule has 0 radical (unpaired) electrons. The van der Waals surface area contributed by atoms with E-state index in [0.29, 0.717) is 18.8 Å². The molecule has 0 aliphatic carbocycles. The number of non-ortho nitro benzene ring substituents is 1. The Labute approximate surface area is 161 Å². The van der Waals surface area contributed by atoms with E-state index in [4.69, 9.17) is 4.74 Å². The van der Waals surface area contributed by atoms with Crippen LogP contribution in [0.4, 0.5) is 5.69 Å². The van der Waals surface area contributed by atoms with Crippen LogP contribution in [0.3, 0.4) is 0 Å². The molecule has 1 aromatic carbocycles. The summed E-state index contributed by atoms with van der Waals surface area (Å²) in [6.45, 7) is 3.63. The standard InChI is InChI=1S/C18H22N6O4/c1-28-15-3-2-13(24(26)27)10-14(15)18(25)22-7-4-12(5-8-22)17-21-20-16-11-19-6-9-23(16)17/h2-3,10,12,19H,4-9,11H2,1H3. The van der Waals surface area contributed by atoms with Gasteiger partial charge in [0.25, 0.3) is 11.6 Å². The smallest absolute Gasteiger partial charge is 0.270 e. The lowest BCUT2D eigenvalue weighted by Crippen LogP contribution is -2.39. The highest BCUT2D eigenvalue weighted by Crippen LogP contribution is 2.31. The van der Waals surface area contributed by atoms with Gasteiger partial charge in [-0.05, 0) is 18.9 Å². The van der Waals surface area contributed by atoms with Crippen molar-refractivity contribution >= 4 is 11.6 Å². The molecule has 4 rings (SSSR count). The summed E-state index contributed by atoms with van der Waals surface area (Å²) < 4.78 is 7.42. The number of carbonyl (C=O) groups excluding carboxylic acids is 1. The molecule has 1 N–H and O–H groups in total. The number of aromatic nitrogens is 3. The number of amides is 1. The fourth-order valence-electron chi connectivity index (χ4n) is 3.90. The van der Waals surface area contributed by atoms with Gasteiger partial charge < -0.3 is 19.5 Å². The van der Waals surface area contributed by atoms with Gasteiger partial charge in [-0.15, -0.1) is 10.2 Å². The van der Waals surface area contributed by atoms with Crippen molar-refractivity contribution in [2.24, 2.45) is 0 Å². The summed E-state index contributed by atoms with van der Waals surface area (Å²) in [6, 6.07) is 4.09. The van der Waals surface area contributed by atoms with Crippen molar-refractivity contribution in [3.63, 3.8) is 0 Å². The van der Waals surface area contributed by atoms with Gasteiger partial charge in [-0.25, -0.2) is 0 Å². The topological polar surface area (TPSA) is 115 Å². The van der Waals surface area contributed by atoms with Crippen LogP contribution in [0.5, 0.6) is 5.75 Å². The average molecular weight is 386 g/mol. The van der Waals surface area contributed by atoms with Crippen molar-refractivity contribution in [3.05, 3.63) is 45.5 Å². The molecule has 2 aliphatic heterocycles. The van der Waals surface area contributed by atoms with Crippen LogP contribution < -0.4 is 10.1 Å². The number of nitrogens with one attached hydrogen (secondary N) is 1. The number of nitrogens with zero attached hydrogens (tertiary/aromatic N) is 5. The van der Waals surface area contributed by atoms with E-state index in [1.807, 2.05) is 0 Å². The summed E-state index contributed by atoms with van der Waals surface area (Å²) in [5, 5.41) is 23.0. The van der Waals surface area contributed by atoms with Gasteiger partial charge in [-0.1, -0.05) is 0 Å². The fourth-order valence-corrected chi connectivity index (χ4v) is 3.90. The maximum Gasteiger partial charge on any atom is 0.270 e. The molecule has 10 nitrogen and oxygen atoms in total. The molecule has 1 amide bonds. The zero-order valence-electron chi connectivity index (χ0n) is 15.6. The number of methoxy groups -OCH3 is 1. The van der Waals surface area contributed by atoms with E-state index >= 15 is 0 Å². The van der Waals surface area contributed by atoms with Crippen LogP contribution in [0.2, 0.25) is 0 Å². The zero-order chi connectivity index (χ0) is 19.7. The van der Waals surface area contributed by atoms with Crippen LogP contribution in [-0.2, 0) is 13.1 Å². The molecule has 148 valence electrons. The molecule has 0 saturated carbocycles. The number of benzene rings is 1. The van der Waals surface area contributed by atoms with Crippen LogP contribution >= 0.6 is 0 Å². The first-order valence-corrected chi connectivity index (χ1v) is 9.33. The van der Waals surface area contributed by atoms with Crippen molar-refractivity contribution in [2.75, 3.05) is 26.7 Å². The minimum atomic E-state index is -0.508. The Kier molecular flexibility index (Phi) is 4.95. The summed E-state index contributed by atoms with van der Waals surface area (Å²) in [7, 11) is 1.45. The monoisotopic (exact) mass is 386 g/mol. The highest BCUT2D eigenvalue weighted by atomic mass is 16.6. The maximum absolute atomic E-state index is 13.0. The molecule has 1 fully saturated rings. The predicted octanol–water partition coefficient (Wildman–Crippen LogP) is 1.32. The minimum absolute atomic E-state index is 0.122. The lowest BCUT2D eigenvalue weighted by molar-refractivity contribution is -0.384. The highest BCUT2D eigenvalue weighted by Gasteiger charge is 2.30. The van der Waals surface area contributed by atoms with Gasteiger partial charge in [0.2, 0.25) is 0 Å². The summed E-state index contributed by atoms with van der Waals surface area (Å²) in [6.07, 6.45) is 1.57. The Morgan fingerprint density at radius 3 is 2.79 bits per heavy atom. The van der Waals surface area contributed by atoms with Crippen LogP contribution in [0, 0.1) is 10.1 Å². The third-order valence-corrected chi connectivity index (χ3v) is 5.42. The Balaban J connectivity index is 1.48. The van der Waals surface area contributed by atoms with E-state index in [-0.39, 0.29) is 23.1 Å². The molecule has 0 bridgehead atoms. The average Bonchev–Trinajstić information content (AvgIpc) is 3.17. The number of nitro benzene ring substituents is 1. The lowest BCUT2D eigenvalue weighted by atomic mass is 9.95. The van der Waals surface area contributed by atoms with Gasteiger partial charge in [-0.3, -0.25) is 14.9 Å². The van der Waals surface area contributed by atoms with E-state index in [1.165, 1.54) is 25.3 Å². The largest absolute Gasteiger partial charge is 0.496 e. The third-order valence-electron chi connectivity index (χ3n) is 5.42. The van der Waals surface area contributed by atoms with Crippen LogP contribution in [0.25, 0.3) is 0 Å². The van der Waals surface area contributed by atoms with Crippen molar-refractivity contribution < 1.29 is 14.5 Å². The number of hydrogen-bond acceptors (Lipinski definition) is 7. The van der Waals surface area contributed by atoms with E-state index in [2.05, 4.69) is 20.1 Å². The normalized spacial score (nSPS) is 17.2. The molecule has 2 aliphatic rings. The number of ether oxygens (including phenoxy) is 1. The first-order chi connectivity index (χ1) is 13.6. The molecule has 3 heterocycles. The zero-order valence-corrected chi connectivity index (χ0v) is 15.6. The second-order valence-electron chi connectivity index (χ2n) is 7.01. The molecule has 0 spiro atoms. The molecular weight excluding hydrogens is 364 g/mol. The number of rotatable bonds is 4. The minimum Gasteiger partial charge on any atom is -0.496 e. The Hall–Kier alpha value is -3.01. The number of nitro groups is 1. The van der Waals surface area contributed by atoms with Crippen molar-refractivity contribution in [3.8, 4) is 5.75 Å². The number of carbonyl (C=O) groups is 1. The third kappa shape index (κ3) is 3.31. The number of piperidine rings is 1. The molecular formula is C18H22N6O4. The molecule has 0 unspecified atom stereocenters. The van der Waals surface area contributed by atoms with Gasteiger partial charge in [0.1, 0.15) is 17.4 Å². The quantitative estimate of drug-likeness (QED) is 0.622. The SMILES string of the molecule is COc1ccc([N+](=O)[O-])cc1C(=O)N1CCC(c2nnc3n2CCNC3)CC1. The lowest BCUT2D eigenvalue weighted by Gasteiger charge is -2.32. The highest BCUT2D eigenvalue weighted by molar-refractivity contribution is 5.97. The second kappa shape index (κ2) is 7.55. The first kappa shape index (κ1) is 18.4. The summed E-state index contributed by atoms with van der Waals surface area (Å²) in [4.78, 5) is 25.2. The van der Waals surface area contributed by atoms with Gasteiger partial charge >= 0.3 is 0 Å². The second-order valence-corrected chi connectivity index (χ2v) is 7.01. The van der Waals surface area contributed by atoms with Gasteiger partial charge in [-0.2, -0.15) is 0 Å². The fraction of sp³-hybridized carbons (Fsp3) is 0.500. The number of likely N-dealkylation sites (tertiary alicyclic amines) is 1. The Morgan fingerprint density at radius 2 is 2.07 bits per heavy atom. The molecule has 1 aromatic heterocycles. The first-order valence-electron chi connectivity index (χ1n) is 9.33. The Morgan fingerprint density at radius 1 is 1.29 bits per heavy atom. The van der Waals surface area contributed by atoms with Crippen molar-refractivity contribution in [2.45, 2.75) is 31.8 Å². The number of hydrogen-bond donors (Lipinski definition) is 1. The van der Waals surface area contributed by atoms with Gasteiger partial charge in [0.05, 0.1) is 24.1 Å². The predicted molar refractivity (Wildman–Crippen MR) is 99.3 cm³/mol. The maximum atomic E-state index is 13.0. The van der Waals surface area contributed by atoms with E-state index < -0.39 is 4.92 Å². The molecule has 1 saturated heterocycles. The van der Waals surface area contributed by atoms with Crippen LogP contribution in [-0.4, -0.2) is 57.2 Å². The van der Waals surface area contributed by atoms with Crippen LogP contribution in [0.1, 0.15) is 40.8 Å². The number of fused-ring (bicyclic) bond motifs is 1. The summed E-state index contributed by atoms with van der Waals surface area (Å²) in [5.41, 5.74) is 0.101. The van der Waals surface area contributed by atoms with Gasteiger partial charge in [0.15, 0.2) is 0 Å². The molecule has 2 aromatic rings. The summed E-state index contributed by atoms with van der Waals surface area (Å²) in [5.74, 6) is 2.32.